The van der Waals surface area contributed by atoms with Gasteiger partial charge in [-0.2, -0.15) is 0 Å². The van der Waals surface area contributed by atoms with Gasteiger partial charge in [0.05, 0.1) is 0 Å². The Bertz CT molecular complexity index is 608. The van der Waals surface area contributed by atoms with Gasteiger partial charge in [0.1, 0.15) is 0 Å². The molecule has 0 heterocycles. The van der Waals surface area contributed by atoms with E-state index in [0.717, 1.165) is 18.0 Å². The summed E-state index contributed by atoms with van der Waals surface area (Å²) in [5, 5.41) is 4.53. The number of aryl methyl sites for hydroxylation is 1. The quantitative estimate of drug-likeness (QED) is 0.855. The molecule has 2 atom stereocenters. The maximum absolute atomic E-state index is 6.43. The van der Waals surface area contributed by atoms with Gasteiger partial charge in [-0.05, 0) is 54.5 Å². The van der Waals surface area contributed by atoms with Crippen LogP contribution in [0, 0.1) is 5.92 Å². The molecule has 0 saturated heterocycles. The second-order valence-corrected chi connectivity index (χ2v) is 6.24. The van der Waals surface area contributed by atoms with E-state index in [1.54, 1.807) is 0 Å². The Hall–Kier alpha value is -1.31. The van der Waals surface area contributed by atoms with Crippen molar-refractivity contribution >= 4 is 11.6 Å². The van der Waals surface area contributed by atoms with Gasteiger partial charge in [-0.15, -0.1) is 0 Å². The fourth-order valence-electron chi connectivity index (χ4n) is 3.49. The van der Waals surface area contributed by atoms with E-state index in [1.165, 1.54) is 29.5 Å². The van der Waals surface area contributed by atoms with Gasteiger partial charge in [-0.25, -0.2) is 0 Å². The van der Waals surface area contributed by atoms with Crippen LogP contribution >= 0.6 is 11.6 Å². The zero-order valence-corrected chi connectivity index (χ0v) is 13.2. The van der Waals surface area contributed by atoms with Crippen molar-refractivity contribution in [2.75, 3.05) is 6.54 Å². The van der Waals surface area contributed by atoms with Crippen molar-refractivity contribution in [2.45, 2.75) is 32.2 Å². The molecular weight excluding hydrogens is 278 g/mol. The lowest BCUT2D eigenvalue weighted by atomic mass is 9.78. The van der Waals surface area contributed by atoms with Crippen molar-refractivity contribution in [1.29, 1.82) is 0 Å². The van der Waals surface area contributed by atoms with E-state index in [1.807, 2.05) is 12.1 Å². The van der Waals surface area contributed by atoms with Crippen LogP contribution in [-0.2, 0) is 12.8 Å². The summed E-state index contributed by atoms with van der Waals surface area (Å²) in [6.07, 6.45) is 3.53. The van der Waals surface area contributed by atoms with Crippen molar-refractivity contribution in [3.63, 3.8) is 0 Å². The molecule has 3 rings (SSSR count). The molecule has 0 spiro atoms. The molecule has 1 aliphatic carbocycles. The van der Waals surface area contributed by atoms with E-state index in [4.69, 9.17) is 11.6 Å². The first kappa shape index (κ1) is 14.6. The summed E-state index contributed by atoms with van der Waals surface area (Å²) in [6.45, 7) is 3.13. The Kier molecular flexibility index (Phi) is 4.62. The fraction of sp³-hybridized carbons (Fsp3) is 0.368. The lowest BCUT2D eigenvalue weighted by molar-refractivity contribution is 0.330. The van der Waals surface area contributed by atoms with Gasteiger partial charge < -0.3 is 5.32 Å². The van der Waals surface area contributed by atoms with E-state index < -0.39 is 0 Å². The number of nitrogens with one attached hydrogen (secondary N) is 1. The lowest BCUT2D eigenvalue weighted by Crippen LogP contribution is -2.32. The highest BCUT2D eigenvalue weighted by Crippen LogP contribution is 2.36. The van der Waals surface area contributed by atoms with Crippen LogP contribution in [0.5, 0.6) is 0 Å². The molecule has 0 fully saturated rings. The molecule has 2 heteroatoms. The largest absolute Gasteiger partial charge is 0.310 e. The van der Waals surface area contributed by atoms with Crippen molar-refractivity contribution in [1.82, 2.24) is 5.32 Å². The maximum atomic E-state index is 6.43. The molecular formula is C19H22ClN. The second kappa shape index (κ2) is 6.64. The number of hydrogen-bond acceptors (Lipinski definition) is 1. The van der Waals surface area contributed by atoms with E-state index in [0.29, 0.717) is 12.0 Å². The predicted octanol–water partition coefficient (Wildman–Crippen LogP) is 4.80. The average molecular weight is 300 g/mol. The Morgan fingerprint density at radius 3 is 2.57 bits per heavy atom. The minimum absolute atomic E-state index is 0.344. The van der Waals surface area contributed by atoms with Crippen molar-refractivity contribution in [2.24, 2.45) is 5.92 Å². The third-order valence-corrected chi connectivity index (χ3v) is 4.86. The van der Waals surface area contributed by atoms with Crippen LogP contribution in [0.3, 0.4) is 0 Å². The summed E-state index contributed by atoms with van der Waals surface area (Å²) in [4.78, 5) is 0. The van der Waals surface area contributed by atoms with Gasteiger partial charge in [-0.1, -0.05) is 61.0 Å². The number of hydrogen-bond donors (Lipinski definition) is 1. The van der Waals surface area contributed by atoms with Gasteiger partial charge in [0, 0.05) is 11.1 Å². The number of fused-ring (bicyclic) bond motifs is 1. The summed E-state index contributed by atoms with van der Waals surface area (Å²) in [7, 11) is 0. The third kappa shape index (κ3) is 3.14. The third-order valence-electron chi connectivity index (χ3n) is 4.52. The standard InChI is InChI=1S/C19H22ClN/c1-2-21-19(17-9-5-6-10-18(17)20)16-12-11-14-7-3-4-8-15(14)13-16/h3-10,16,19,21H,2,11-13H2,1H3. The highest BCUT2D eigenvalue weighted by atomic mass is 35.5. The molecule has 0 amide bonds. The Balaban J connectivity index is 1.88. The van der Waals surface area contributed by atoms with E-state index >= 15 is 0 Å². The van der Waals surface area contributed by atoms with Crippen LogP contribution in [-0.4, -0.2) is 6.54 Å². The van der Waals surface area contributed by atoms with Gasteiger partial charge in [0.25, 0.3) is 0 Å². The molecule has 1 N–H and O–H groups in total. The first-order valence-electron chi connectivity index (χ1n) is 7.84. The first-order valence-corrected chi connectivity index (χ1v) is 8.22. The van der Waals surface area contributed by atoms with Gasteiger partial charge in [-0.3, -0.25) is 0 Å². The van der Waals surface area contributed by atoms with Crippen molar-refractivity contribution in [3.8, 4) is 0 Å². The minimum atomic E-state index is 0.344. The van der Waals surface area contributed by atoms with Crippen LogP contribution in [0.25, 0.3) is 0 Å². The van der Waals surface area contributed by atoms with Crippen LogP contribution in [0.15, 0.2) is 48.5 Å². The van der Waals surface area contributed by atoms with Crippen molar-refractivity contribution in [3.05, 3.63) is 70.2 Å². The second-order valence-electron chi connectivity index (χ2n) is 5.83. The van der Waals surface area contributed by atoms with E-state index in [2.05, 4.69) is 48.6 Å². The van der Waals surface area contributed by atoms with Gasteiger partial charge >= 0.3 is 0 Å². The molecule has 0 bridgehead atoms. The molecule has 21 heavy (non-hydrogen) atoms. The summed E-state index contributed by atoms with van der Waals surface area (Å²) in [6, 6.07) is 17.4. The molecule has 0 aromatic heterocycles. The summed E-state index contributed by atoms with van der Waals surface area (Å²) >= 11 is 6.43. The topological polar surface area (TPSA) is 12.0 Å². The normalized spacial score (nSPS) is 19.0. The van der Waals surface area contributed by atoms with Crippen LogP contribution < -0.4 is 5.32 Å². The highest BCUT2D eigenvalue weighted by Gasteiger charge is 2.27. The Morgan fingerprint density at radius 2 is 1.81 bits per heavy atom. The maximum Gasteiger partial charge on any atom is 0.0453 e. The lowest BCUT2D eigenvalue weighted by Gasteiger charge is -2.33. The molecule has 110 valence electrons. The molecule has 2 aromatic rings. The van der Waals surface area contributed by atoms with Crippen molar-refractivity contribution < 1.29 is 0 Å². The van der Waals surface area contributed by atoms with E-state index in [9.17, 15) is 0 Å². The summed E-state index contributed by atoms with van der Waals surface area (Å²) in [5.74, 6) is 0.611. The highest BCUT2D eigenvalue weighted by molar-refractivity contribution is 6.31. The molecule has 1 aliphatic rings. The number of halogens is 1. The van der Waals surface area contributed by atoms with Gasteiger partial charge in [0.15, 0.2) is 0 Å². The fourth-order valence-corrected chi connectivity index (χ4v) is 3.74. The SMILES string of the molecule is CCNC(c1ccccc1Cl)C1CCc2ccccc2C1. The monoisotopic (exact) mass is 299 g/mol. The first-order chi connectivity index (χ1) is 10.3. The zero-order chi connectivity index (χ0) is 14.7. The van der Waals surface area contributed by atoms with E-state index in [-0.39, 0.29) is 0 Å². The average Bonchev–Trinajstić information content (AvgIpc) is 2.53. The minimum Gasteiger partial charge on any atom is -0.310 e. The molecule has 1 nitrogen and oxygen atoms in total. The summed E-state index contributed by atoms with van der Waals surface area (Å²) in [5.41, 5.74) is 4.26. The number of rotatable bonds is 4. The predicted molar refractivity (Wildman–Crippen MR) is 89.8 cm³/mol. The van der Waals surface area contributed by atoms with Crippen LogP contribution in [0.4, 0.5) is 0 Å². The smallest absolute Gasteiger partial charge is 0.0453 e. The molecule has 0 saturated carbocycles. The molecule has 0 radical (unpaired) electrons. The Morgan fingerprint density at radius 1 is 1.10 bits per heavy atom. The molecule has 2 unspecified atom stereocenters. The molecule has 2 aromatic carbocycles. The van der Waals surface area contributed by atoms with Crippen LogP contribution in [0.2, 0.25) is 5.02 Å². The molecule has 0 aliphatic heterocycles. The summed E-state index contributed by atoms with van der Waals surface area (Å²) < 4.78 is 0. The Labute approximate surface area is 132 Å². The zero-order valence-electron chi connectivity index (χ0n) is 12.5. The number of benzene rings is 2. The van der Waals surface area contributed by atoms with Crippen LogP contribution in [0.1, 0.15) is 36.1 Å². The van der Waals surface area contributed by atoms with Gasteiger partial charge in [0.2, 0.25) is 0 Å².